The summed E-state index contributed by atoms with van der Waals surface area (Å²) in [4.78, 5) is 11.7. The number of esters is 1. The molecule has 0 saturated carbocycles. The van der Waals surface area contributed by atoms with E-state index >= 15 is 0 Å². The molecule has 2 N–H and O–H groups in total. The summed E-state index contributed by atoms with van der Waals surface area (Å²) in [5.41, 5.74) is 6.86. The van der Waals surface area contributed by atoms with Gasteiger partial charge in [-0.05, 0) is 18.4 Å². The highest BCUT2D eigenvalue weighted by Crippen LogP contribution is 2.32. The Morgan fingerprint density at radius 1 is 1.35 bits per heavy atom. The molecule has 0 unspecified atom stereocenters. The van der Waals surface area contributed by atoms with Crippen molar-refractivity contribution in [2.75, 3.05) is 12.3 Å². The summed E-state index contributed by atoms with van der Waals surface area (Å²) in [5.74, 6) is -0.392. The first-order valence-corrected chi connectivity index (χ1v) is 6.08. The maximum atomic E-state index is 11.7. The highest BCUT2D eigenvalue weighted by atomic mass is 79.9. The van der Waals surface area contributed by atoms with E-state index in [0.29, 0.717) is 17.9 Å². The smallest absolute Gasteiger partial charge is 0.340 e. The number of nitrogens with two attached hydrogens (primary N) is 1. The first-order chi connectivity index (χ1) is 8.15. The number of hydrogen-bond donors (Lipinski definition) is 1. The number of benzene rings is 2. The Morgan fingerprint density at radius 2 is 2.00 bits per heavy atom. The van der Waals surface area contributed by atoms with Crippen molar-refractivity contribution in [1.82, 2.24) is 0 Å². The third-order valence-corrected chi connectivity index (χ3v) is 3.19. The molecule has 0 bridgehead atoms. The van der Waals surface area contributed by atoms with Gasteiger partial charge < -0.3 is 10.5 Å². The molecule has 0 aliphatic rings. The van der Waals surface area contributed by atoms with Gasteiger partial charge in [-0.15, -0.1) is 0 Å². The molecule has 0 fully saturated rings. The molecule has 0 amide bonds. The zero-order valence-electron chi connectivity index (χ0n) is 9.37. The molecule has 4 heteroatoms. The van der Waals surface area contributed by atoms with Crippen LogP contribution in [0.4, 0.5) is 5.69 Å². The van der Waals surface area contributed by atoms with Gasteiger partial charge in [-0.3, -0.25) is 0 Å². The van der Waals surface area contributed by atoms with Crippen LogP contribution in [0, 0.1) is 0 Å². The van der Waals surface area contributed by atoms with Crippen LogP contribution in [0.3, 0.4) is 0 Å². The fourth-order valence-electron chi connectivity index (χ4n) is 1.73. The molecule has 0 aliphatic carbocycles. The largest absolute Gasteiger partial charge is 0.462 e. The predicted molar refractivity (Wildman–Crippen MR) is 72.0 cm³/mol. The topological polar surface area (TPSA) is 52.3 Å². The third kappa shape index (κ3) is 2.13. The molecule has 88 valence electrons. The zero-order valence-corrected chi connectivity index (χ0v) is 11.0. The Bertz CT molecular complexity index is 581. The van der Waals surface area contributed by atoms with Gasteiger partial charge in [0.1, 0.15) is 0 Å². The molecule has 0 aromatic heterocycles. The fourth-order valence-corrected chi connectivity index (χ4v) is 2.31. The normalized spacial score (nSPS) is 10.5. The molecule has 0 radical (unpaired) electrons. The number of anilines is 1. The summed E-state index contributed by atoms with van der Waals surface area (Å²) in [6, 6.07) is 9.36. The van der Waals surface area contributed by atoms with E-state index in [1.54, 1.807) is 13.0 Å². The van der Waals surface area contributed by atoms with Crippen LogP contribution in [0.2, 0.25) is 0 Å². The summed E-state index contributed by atoms with van der Waals surface area (Å²) < 4.78 is 5.81. The van der Waals surface area contributed by atoms with Crippen molar-refractivity contribution in [1.29, 1.82) is 0 Å². The molecule has 0 saturated heterocycles. The van der Waals surface area contributed by atoms with E-state index in [0.717, 1.165) is 15.2 Å². The first-order valence-electron chi connectivity index (χ1n) is 5.29. The lowest BCUT2D eigenvalue weighted by molar-refractivity contribution is 0.0527. The quantitative estimate of drug-likeness (QED) is 0.682. The van der Waals surface area contributed by atoms with Crippen LogP contribution in [0.15, 0.2) is 34.8 Å². The zero-order chi connectivity index (χ0) is 12.4. The highest BCUT2D eigenvalue weighted by Gasteiger charge is 2.15. The lowest BCUT2D eigenvalue weighted by Gasteiger charge is -2.10. The van der Waals surface area contributed by atoms with Crippen molar-refractivity contribution < 1.29 is 9.53 Å². The molecule has 0 atom stereocenters. The minimum atomic E-state index is -0.392. The van der Waals surface area contributed by atoms with Crippen molar-refractivity contribution in [3.63, 3.8) is 0 Å². The maximum absolute atomic E-state index is 11.7. The molecule has 0 spiro atoms. The van der Waals surface area contributed by atoms with Crippen molar-refractivity contribution >= 4 is 38.4 Å². The van der Waals surface area contributed by atoms with Gasteiger partial charge in [0.25, 0.3) is 0 Å². The lowest BCUT2D eigenvalue weighted by atomic mass is 10.0. The molecule has 0 aliphatic heterocycles. The van der Waals surface area contributed by atoms with E-state index in [1.807, 2.05) is 24.3 Å². The van der Waals surface area contributed by atoms with Gasteiger partial charge >= 0.3 is 5.97 Å². The number of nitrogen functional groups attached to an aromatic ring is 1. The summed E-state index contributed by atoms with van der Waals surface area (Å²) in [6.07, 6.45) is 0. The SMILES string of the molecule is CCOC(=O)c1cc(Br)c2ccccc2c1N. The van der Waals surface area contributed by atoms with Gasteiger partial charge in [0.05, 0.1) is 17.9 Å². The second-order valence-electron chi connectivity index (χ2n) is 3.59. The van der Waals surface area contributed by atoms with E-state index in [-0.39, 0.29) is 0 Å². The molecular weight excluding hydrogens is 282 g/mol. The van der Waals surface area contributed by atoms with Gasteiger partial charge in [0.15, 0.2) is 0 Å². The van der Waals surface area contributed by atoms with Crippen LogP contribution < -0.4 is 5.73 Å². The predicted octanol–water partition coefficient (Wildman–Crippen LogP) is 3.36. The Balaban J connectivity index is 2.67. The van der Waals surface area contributed by atoms with Crippen LogP contribution in [0.25, 0.3) is 10.8 Å². The third-order valence-electron chi connectivity index (χ3n) is 2.53. The number of fused-ring (bicyclic) bond motifs is 1. The Hall–Kier alpha value is -1.55. The average molecular weight is 294 g/mol. The van der Waals surface area contributed by atoms with Crippen molar-refractivity contribution in [3.05, 3.63) is 40.4 Å². The Kier molecular flexibility index (Phi) is 3.33. The number of ether oxygens (including phenoxy) is 1. The summed E-state index contributed by atoms with van der Waals surface area (Å²) in [5, 5.41) is 1.84. The molecule has 17 heavy (non-hydrogen) atoms. The minimum absolute atomic E-state index is 0.336. The summed E-state index contributed by atoms with van der Waals surface area (Å²) in [7, 11) is 0. The number of halogens is 1. The van der Waals surface area contributed by atoms with Crippen molar-refractivity contribution in [2.45, 2.75) is 6.92 Å². The van der Waals surface area contributed by atoms with Crippen LogP contribution in [0.5, 0.6) is 0 Å². The first kappa shape index (κ1) is 11.9. The van der Waals surface area contributed by atoms with Crippen LogP contribution >= 0.6 is 15.9 Å². The number of carbonyl (C=O) groups excluding carboxylic acids is 1. The van der Waals surface area contributed by atoms with Crippen molar-refractivity contribution in [3.8, 4) is 0 Å². The van der Waals surface area contributed by atoms with Gasteiger partial charge in [0, 0.05) is 9.86 Å². The van der Waals surface area contributed by atoms with Crippen LogP contribution in [0.1, 0.15) is 17.3 Å². The monoisotopic (exact) mass is 293 g/mol. The van der Waals surface area contributed by atoms with Gasteiger partial charge in [-0.25, -0.2) is 4.79 Å². The van der Waals surface area contributed by atoms with Crippen molar-refractivity contribution in [2.24, 2.45) is 0 Å². The molecule has 2 aromatic rings. The van der Waals surface area contributed by atoms with E-state index < -0.39 is 5.97 Å². The minimum Gasteiger partial charge on any atom is -0.462 e. The fraction of sp³-hybridized carbons (Fsp3) is 0.154. The standard InChI is InChI=1S/C13H12BrNO2/c1-2-17-13(16)10-7-11(14)8-5-3-4-6-9(8)12(10)15/h3-7H,2,15H2,1H3. The average Bonchev–Trinajstić information content (AvgIpc) is 2.34. The highest BCUT2D eigenvalue weighted by molar-refractivity contribution is 9.10. The summed E-state index contributed by atoms with van der Waals surface area (Å²) >= 11 is 3.44. The van der Waals surface area contributed by atoms with Crippen LogP contribution in [-0.2, 0) is 4.74 Å². The van der Waals surface area contributed by atoms with E-state index in [9.17, 15) is 4.79 Å². The molecule has 0 heterocycles. The number of carbonyl (C=O) groups is 1. The van der Waals surface area contributed by atoms with Gasteiger partial charge in [-0.1, -0.05) is 40.2 Å². The molecular formula is C13H12BrNO2. The summed E-state index contributed by atoms with van der Waals surface area (Å²) in [6.45, 7) is 2.10. The molecule has 3 nitrogen and oxygen atoms in total. The lowest BCUT2D eigenvalue weighted by Crippen LogP contribution is -2.08. The van der Waals surface area contributed by atoms with Gasteiger partial charge in [-0.2, -0.15) is 0 Å². The Labute approximate surface area is 108 Å². The number of hydrogen-bond acceptors (Lipinski definition) is 3. The van der Waals surface area contributed by atoms with Gasteiger partial charge in [0.2, 0.25) is 0 Å². The van der Waals surface area contributed by atoms with Crippen LogP contribution in [-0.4, -0.2) is 12.6 Å². The molecule has 2 rings (SSSR count). The van der Waals surface area contributed by atoms with E-state index in [1.165, 1.54) is 0 Å². The maximum Gasteiger partial charge on any atom is 0.340 e. The van der Waals surface area contributed by atoms with E-state index in [2.05, 4.69) is 15.9 Å². The second kappa shape index (κ2) is 4.75. The number of rotatable bonds is 2. The second-order valence-corrected chi connectivity index (χ2v) is 4.44. The molecule has 2 aromatic carbocycles. The van der Waals surface area contributed by atoms with E-state index in [4.69, 9.17) is 10.5 Å². The Morgan fingerprint density at radius 3 is 2.65 bits per heavy atom.